The number of aliphatic imine (C=N–C) groups is 1. The average molecular weight is 315 g/mol. The highest BCUT2D eigenvalue weighted by Crippen LogP contribution is 2.40. The van der Waals surface area contributed by atoms with Crippen LogP contribution in [0, 0.1) is 0 Å². The van der Waals surface area contributed by atoms with Crippen LogP contribution >= 0.6 is 0 Å². The van der Waals surface area contributed by atoms with E-state index in [-0.39, 0.29) is 12.2 Å². The number of amides is 1. The van der Waals surface area contributed by atoms with Gasteiger partial charge in [0.05, 0.1) is 6.61 Å². The molecule has 0 unspecified atom stereocenters. The number of nitrogens with zero attached hydrogens (tertiary/aromatic N) is 1. The molecule has 0 aromatic heterocycles. The largest absolute Gasteiger partial charge is 0.424 e. The van der Waals surface area contributed by atoms with Crippen molar-refractivity contribution in [2.24, 2.45) is 16.5 Å². The molecule has 5 nitrogen and oxygen atoms in total. The van der Waals surface area contributed by atoms with Gasteiger partial charge in [-0.05, 0) is 31.5 Å². The lowest BCUT2D eigenvalue weighted by Gasteiger charge is -2.41. The molecule has 4 N–H and O–H groups in total. The summed E-state index contributed by atoms with van der Waals surface area (Å²) < 4.78 is 44.2. The molecular formula is C14H16F3N3O2. The molecule has 120 valence electrons. The number of hydrogen-bond acceptors (Lipinski definition) is 4. The summed E-state index contributed by atoms with van der Waals surface area (Å²) in [6.07, 6.45) is -4.67. The first-order chi connectivity index (χ1) is 9.99. The molecular weight excluding hydrogens is 299 g/mol. The van der Waals surface area contributed by atoms with E-state index in [1.165, 1.54) is 12.1 Å². The maximum atomic E-state index is 13.1. The minimum Gasteiger partial charge on any atom is -0.385 e. The molecule has 0 spiro atoms. The van der Waals surface area contributed by atoms with Gasteiger partial charge in [-0.15, -0.1) is 0 Å². The van der Waals surface area contributed by atoms with Crippen molar-refractivity contribution in [3.63, 3.8) is 0 Å². The summed E-state index contributed by atoms with van der Waals surface area (Å²) in [6.45, 7) is 2.09. The fraction of sp³-hybridized carbons (Fsp3) is 0.429. The highest BCUT2D eigenvalue weighted by molar-refractivity contribution is 5.93. The molecule has 22 heavy (non-hydrogen) atoms. The van der Waals surface area contributed by atoms with Crippen LogP contribution in [-0.4, -0.2) is 30.1 Å². The second-order valence-corrected chi connectivity index (χ2v) is 5.54. The number of rotatable bonds is 2. The van der Waals surface area contributed by atoms with Gasteiger partial charge in [0.25, 0.3) is 0 Å². The van der Waals surface area contributed by atoms with E-state index in [1.54, 1.807) is 19.1 Å². The Balaban J connectivity index is 2.46. The van der Waals surface area contributed by atoms with E-state index in [4.69, 9.17) is 16.2 Å². The molecule has 1 aliphatic heterocycles. The van der Waals surface area contributed by atoms with E-state index < -0.39 is 29.1 Å². The Hall–Kier alpha value is -2.09. The maximum absolute atomic E-state index is 13.1. The third kappa shape index (κ3) is 2.54. The standard InChI is InChI=1S/C14H16F3N3O2/c1-12(9-5-3-4-8(6-9)10(18)21)7-22-13(2,11(19)20-12)14(15,16)17/h3-6H,7H2,1-2H3,(H2,18,21)(H2,19,20)/t12-,13+/m0/s1. The number of primary amides is 1. The van der Waals surface area contributed by atoms with Crippen molar-refractivity contribution in [2.75, 3.05) is 6.61 Å². The van der Waals surface area contributed by atoms with Crippen LogP contribution in [0.2, 0.25) is 0 Å². The van der Waals surface area contributed by atoms with Crippen LogP contribution in [0.4, 0.5) is 13.2 Å². The van der Waals surface area contributed by atoms with E-state index in [0.29, 0.717) is 5.56 Å². The Kier molecular flexibility index (Phi) is 3.68. The topological polar surface area (TPSA) is 90.7 Å². The third-order valence-corrected chi connectivity index (χ3v) is 3.81. The molecule has 0 aliphatic carbocycles. The van der Waals surface area contributed by atoms with E-state index in [1.807, 2.05) is 0 Å². The number of benzene rings is 1. The van der Waals surface area contributed by atoms with Gasteiger partial charge in [-0.3, -0.25) is 9.79 Å². The Bertz CT molecular complexity index is 644. The lowest BCUT2D eigenvalue weighted by Crippen LogP contribution is -2.60. The average Bonchev–Trinajstić information content (AvgIpc) is 2.42. The number of nitrogens with two attached hydrogens (primary N) is 2. The summed E-state index contributed by atoms with van der Waals surface area (Å²) in [6, 6.07) is 6.18. The van der Waals surface area contributed by atoms with Crippen molar-refractivity contribution >= 4 is 11.7 Å². The van der Waals surface area contributed by atoms with E-state index in [9.17, 15) is 18.0 Å². The number of ether oxygens (including phenoxy) is 1. The van der Waals surface area contributed by atoms with Crippen LogP contribution in [0.15, 0.2) is 29.3 Å². The summed E-state index contributed by atoms with van der Waals surface area (Å²) in [7, 11) is 0. The zero-order valence-electron chi connectivity index (χ0n) is 12.1. The normalized spacial score (nSPS) is 29.0. The molecule has 8 heteroatoms. The van der Waals surface area contributed by atoms with E-state index in [2.05, 4.69) is 4.99 Å². The predicted molar refractivity (Wildman–Crippen MR) is 74.3 cm³/mol. The van der Waals surface area contributed by atoms with E-state index >= 15 is 0 Å². The monoisotopic (exact) mass is 315 g/mol. The molecule has 0 saturated heterocycles. The van der Waals surface area contributed by atoms with Gasteiger partial charge in [0.1, 0.15) is 11.4 Å². The minimum absolute atomic E-state index is 0.233. The fourth-order valence-corrected chi connectivity index (χ4v) is 2.15. The zero-order chi connectivity index (χ0) is 16.8. The molecule has 0 radical (unpaired) electrons. The lowest BCUT2D eigenvalue weighted by atomic mass is 9.89. The summed E-state index contributed by atoms with van der Waals surface area (Å²) in [5.74, 6) is -1.29. The van der Waals surface area contributed by atoms with Gasteiger partial charge in [-0.1, -0.05) is 12.1 Å². The van der Waals surface area contributed by atoms with Gasteiger partial charge in [-0.2, -0.15) is 13.2 Å². The van der Waals surface area contributed by atoms with Crippen LogP contribution in [0.25, 0.3) is 0 Å². The zero-order valence-corrected chi connectivity index (χ0v) is 12.1. The van der Waals surface area contributed by atoms with Crippen LogP contribution in [-0.2, 0) is 10.3 Å². The van der Waals surface area contributed by atoms with Gasteiger partial charge in [0.2, 0.25) is 11.5 Å². The van der Waals surface area contributed by atoms with Crippen molar-refractivity contribution in [3.8, 4) is 0 Å². The molecule has 2 rings (SSSR count). The van der Waals surface area contributed by atoms with Crippen LogP contribution < -0.4 is 11.5 Å². The predicted octanol–water partition coefficient (Wildman–Crippen LogP) is 1.71. The van der Waals surface area contributed by atoms with Crippen LogP contribution in [0.3, 0.4) is 0 Å². The van der Waals surface area contributed by atoms with Gasteiger partial charge < -0.3 is 16.2 Å². The number of carbonyl (C=O) groups excluding carboxylic acids is 1. The van der Waals surface area contributed by atoms with Crippen molar-refractivity contribution in [2.45, 2.75) is 31.2 Å². The number of hydrogen-bond donors (Lipinski definition) is 2. The van der Waals surface area contributed by atoms with Crippen molar-refractivity contribution in [3.05, 3.63) is 35.4 Å². The first-order valence-corrected chi connectivity index (χ1v) is 6.46. The highest BCUT2D eigenvalue weighted by atomic mass is 19.4. The van der Waals surface area contributed by atoms with Crippen molar-refractivity contribution < 1.29 is 22.7 Å². The summed E-state index contributed by atoms with van der Waals surface area (Å²) in [5, 5.41) is 0. The second kappa shape index (κ2) is 4.98. The number of amidine groups is 1. The Morgan fingerprint density at radius 1 is 1.36 bits per heavy atom. The highest BCUT2D eigenvalue weighted by Gasteiger charge is 2.58. The lowest BCUT2D eigenvalue weighted by molar-refractivity contribution is -0.249. The molecule has 0 bridgehead atoms. The molecule has 1 amide bonds. The van der Waals surface area contributed by atoms with Crippen molar-refractivity contribution in [1.29, 1.82) is 0 Å². The van der Waals surface area contributed by atoms with Gasteiger partial charge in [0.15, 0.2) is 0 Å². The van der Waals surface area contributed by atoms with Crippen LogP contribution in [0.1, 0.15) is 29.8 Å². The first-order valence-electron chi connectivity index (χ1n) is 6.46. The Morgan fingerprint density at radius 3 is 2.50 bits per heavy atom. The first kappa shape index (κ1) is 16.3. The number of alkyl halides is 3. The Morgan fingerprint density at radius 2 is 2.00 bits per heavy atom. The molecule has 0 saturated carbocycles. The minimum atomic E-state index is -4.67. The molecule has 1 heterocycles. The summed E-state index contributed by atoms with van der Waals surface area (Å²) in [5.41, 5.74) is 7.71. The summed E-state index contributed by atoms with van der Waals surface area (Å²) >= 11 is 0. The molecule has 1 aromatic rings. The van der Waals surface area contributed by atoms with Crippen LogP contribution in [0.5, 0.6) is 0 Å². The van der Waals surface area contributed by atoms with Gasteiger partial charge >= 0.3 is 6.18 Å². The number of carbonyl (C=O) groups is 1. The van der Waals surface area contributed by atoms with E-state index in [0.717, 1.165) is 6.92 Å². The second-order valence-electron chi connectivity index (χ2n) is 5.54. The fourth-order valence-electron chi connectivity index (χ4n) is 2.15. The molecule has 0 fully saturated rings. The maximum Gasteiger partial charge on any atom is 0.424 e. The smallest absolute Gasteiger partial charge is 0.385 e. The summed E-state index contributed by atoms with van der Waals surface area (Å²) in [4.78, 5) is 15.2. The van der Waals surface area contributed by atoms with Gasteiger partial charge in [-0.25, -0.2) is 0 Å². The quantitative estimate of drug-likeness (QED) is 0.870. The SMILES string of the molecule is C[C@@]1(c2cccc(C(N)=O)c2)CO[C@@](C)(C(F)(F)F)C(N)=N1. The third-order valence-electron chi connectivity index (χ3n) is 3.81. The molecule has 1 aromatic carbocycles. The molecule has 1 aliphatic rings. The van der Waals surface area contributed by atoms with Crippen molar-refractivity contribution in [1.82, 2.24) is 0 Å². The molecule has 2 atom stereocenters. The Labute approximate surface area is 125 Å². The van der Waals surface area contributed by atoms with Gasteiger partial charge in [0, 0.05) is 5.56 Å². The number of halogens is 3.